The Balaban J connectivity index is 1.53. The van der Waals surface area contributed by atoms with Gasteiger partial charge in [-0.1, -0.05) is 47.7 Å². The zero-order valence-electron chi connectivity index (χ0n) is 13.9. The SMILES string of the molecule is O=C(COc1cccc(C(F)(F)F)c1)Nc1nnc(Cc2ccccc2)s1. The quantitative estimate of drug-likeness (QED) is 0.683. The summed E-state index contributed by atoms with van der Waals surface area (Å²) in [7, 11) is 0. The van der Waals surface area contributed by atoms with Gasteiger partial charge in [-0.05, 0) is 23.8 Å². The Morgan fingerprint density at radius 1 is 1.07 bits per heavy atom. The maximum atomic E-state index is 12.7. The molecule has 0 aliphatic heterocycles. The summed E-state index contributed by atoms with van der Waals surface area (Å²) in [6, 6.07) is 14.0. The molecule has 0 saturated carbocycles. The molecule has 5 nitrogen and oxygen atoms in total. The van der Waals surface area contributed by atoms with E-state index in [1.807, 2.05) is 30.3 Å². The summed E-state index contributed by atoms with van der Waals surface area (Å²) in [6.07, 6.45) is -3.88. The molecule has 27 heavy (non-hydrogen) atoms. The van der Waals surface area contributed by atoms with Crippen molar-refractivity contribution in [1.29, 1.82) is 0 Å². The van der Waals surface area contributed by atoms with E-state index >= 15 is 0 Å². The van der Waals surface area contributed by atoms with Crippen LogP contribution in [0.4, 0.5) is 18.3 Å². The van der Waals surface area contributed by atoms with Gasteiger partial charge in [0.1, 0.15) is 10.8 Å². The maximum Gasteiger partial charge on any atom is 0.416 e. The lowest BCUT2D eigenvalue weighted by Crippen LogP contribution is -2.20. The van der Waals surface area contributed by atoms with E-state index in [-0.39, 0.29) is 5.75 Å². The second-order valence-corrected chi connectivity index (χ2v) is 6.59. The van der Waals surface area contributed by atoms with Gasteiger partial charge in [0.05, 0.1) is 5.56 Å². The molecule has 1 heterocycles. The summed E-state index contributed by atoms with van der Waals surface area (Å²) in [5, 5.41) is 11.5. The minimum Gasteiger partial charge on any atom is -0.484 e. The van der Waals surface area contributed by atoms with E-state index in [0.29, 0.717) is 11.6 Å². The second kappa shape index (κ2) is 8.17. The van der Waals surface area contributed by atoms with Crippen LogP contribution >= 0.6 is 11.3 Å². The normalized spacial score (nSPS) is 11.2. The van der Waals surface area contributed by atoms with E-state index in [0.717, 1.165) is 22.7 Å². The Kier molecular flexibility index (Phi) is 5.70. The van der Waals surface area contributed by atoms with E-state index in [1.54, 1.807) is 0 Å². The molecule has 1 amide bonds. The van der Waals surface area contributed by atoms with Crippen molar-refractivity contribution < 1.29 is 22.7 Å². The monoisotopic (exact) mass is 393 g/mol. The van der Waals surface area contributed by atoms with Crippen LogP contribution in [-0.4, -0.2) is 22.7 Å². The number of hydrogen-bond donors (Lipinski definition) is 1. The van der Waals surface area contributed by atoms with Gasteiger partial charge in [-0.3, -0.25) is 10.1 Å². The Hall–Kier alpha value is -2.94. The summed E-state index contributed by atoms with van der Waals surface area (Å²) >= 11 is 1.23. The molecule has 140 valence electrons. The van der Waals surface area contributed by atoms with Gasteiger partial charge in [0, 0.05) is 6.42 Å². The molecule has 0 fully saturated rings. The number of amides is 1. The third-order valence-corrected chi connectivity index (χ3v) is 4.28. The Morgan fingerprint density at radius 2 is 1.85 bits per heavy atom. The third-order valence-electron chi connectivity index (χ3n) is 3.44. The fourth-order valence-corrected chi connectivity index (χ4v) is 3.00. The van der Waals surface area contributed by atoms with Gasteiger partial charge in [-0.25, -0.2) is 0 Å². The highest BCUT2D eigenvalue weighted by Gasteiger charge is 2.30. The van der Waals surface area contributed by atoms with Crippen molar-refractivity contribution in [3.63, 3.8) is 0 Å². The number of hydrogen-bond acceptors (Lipinski definition) is 5. The number of aromatic nitrogens is 2. The summed E-state index contributed by atoms with van der Waals surface area (Å²) < 4.78 is 43.1. The lowest BCUT2D eigenvalue weighted by Gasteiger charge is -2.09. The summed E-state index contributed by atoms with van der Waals surface area (Å²) in [4.78, 5) is 11.9. The highest BCUT2D eigenvalue weighted by molar-refractivity contribution is 7.15. The predicted octanol–water partition coefficient (Wildman–Crippen LogP) is 4.17. The predicted molar refractivity (Wildman–Crippen MR) is 94.7 cm³/mol. The van der Waals surface area contributed by atoms with Gasteiger partial charge in [-0.15, -0.1) is 10.2 Å². The summed E-state index contributed by atoms with van der Waals surface area (Å²) in [6.45, 7) is -0.436. The highest BCUT2D eigenvalue weighted by Crippen LogP contribution is 2.31. The highest BCUT2D eigenvalue weighted by atomic mass is 32.1. The largest absolute Gasteiger partial charge is 0.484 e. The van der Waals surface area contributed by atoms with Gasteiger partial charge in [0.15, 0.2) is 6.61 Å². The minimum atomic E-state index is -4.47. The van der Waals surface area contributed by atoms with Crippen LogP contribution in [0.5, 0.6) is 5.75 Å². The number of carbonyl (C=O) groups excluding carboxylic acids is 1. The molecule has 2 aromatic carbocycles. The molecule has 1 aromatic heterocycles. The molecular formula is C18H14F3N3O2S. The van der Waals surface area contributed by atoms with Crippen LogP contribution in [0.2, 0.25) is 0 Å². The van der Waals surface area contributed by atoms with Gasteiger partial charge in [0.2, 0.25) is 5.13 Å². The van der Waals surface area contributed by atoms with Gasteiger partial charge in [-0.2, -0.15) is 13.2 Å². The molecule has 3 rings (SSSR count). The molecule has 3 aromatic rings. The molecule has 0 saturated heterocycles. The van der Waals surface area contributed by atoms with Crippen LogP contribution in [0, 0.1) is 0 Å². The zero-order valence-corrected chi connectivity index (χ0v) is 14.7. The van der Waals surface area contributed by atoms with Crippen LogP contribution in [-0.2, 0) is 17.4 Å². The molecule has 0 aliphatic rings. The number of nitrogens with zero attached hydrogens (tertiary/aromatic N) is 2. The maximum absolute atomic E-state index is 12.7. The number of ether oxygens (including phenoxy) is 1. The van der Waals surface area contributed by atoms with Crippen LogP contribution in [0.3, 0.4) is 0 Å². The van der Waals surface area contributed by atoms with Crippen LogP contribution in [0.25, 0.3) is 0 Å². The van der Waals surface area contributed by atoms with Crippen LogP contribution < -0.4 is 10.1 Å². The lowest BCUT2D eigenvalue weighted by atomic mass is 10.2. The fourth-order valence-electron chi connectivity index (χ4n) is 2.21. The third kappa shape index (κ3) is 5.52. The summed E-state index contributed by atoms with van der Waals surface area (Å²) in [5.41, 5.74) is 0.231. The fraction of sp³-hybridized carbons (Fsp3) is 0.167. The Labute approximate surface area is 156 Å². The van der Waals surface area contributed by atoms with Crippen molar-refractivity contribution in [1.82, 2.24) is 10.2 Å². The van der Waals surface area contributed by atoms with Crippen molar-refractivity contribution in [2.24, 2.45) is 0 Å². The Morgan fingerprint density at radius 3 is 2.59 bits per heavy atom. The minimum absolute atomic E-state index is 0.0398. The number of anilines is 1. The first kappa shape index (κ1) is 18.8. The average molecular weight is 393 g/mol. The zero-order chi connectivity index (χ0) is 19.3. The average Bonchev–Trinajstić information content (AvgIpc) is 3.07. The van der Waals surface area contributed by atoms with Crippen molar-refractivity contribution in [2.75, 3.05) is 11.9 Å². The molecular weight excluding hydrogens is 379 g/mol. The number of rotatable bonds is 6. The van der Waals surface area contributed by atoms with Crippen molar-refractivity contribution >= 4 is 22.4 Å². The number of benzene rings is 2. The molecule has 0 radical (unpaired) electrons. The topological polar surface area (TPSA) is 64.1 Å². The second-order valence-electron chi connectivity index (χ2n) is 5.53. The smallest absolute Gasteiger partial charge is 0.416 e. The first-order valence-electron chi connectivity index (χ1n) is 7.86. The molecule has 0 aliphatic carbocycles. The van der Waals surface area contributed by atoms with Crippen LogP contribution in [0.15, 0.2) is 54.6 Å². The molecule has 9 heteroatoms. The van der Waals surface area contributed by atoms with E-state index in [2.05, 4.69) is 15.5 Å². The number of halogens is 3. The molecule has 1 N–H and O–H groups in total. The van der Waals surface area contributed by atoms with Crippen LogP contribution in [0.1, 0.15) is 16.1 Å². The Bertz CT molecular complexity index is 913. The van der Waals surface area contributed by atoms with Crippen molar-refractivity contribution in [3.8, 4) is 5.75 Å². The molecule has 0 unspecified atom stereocenters. The number of alkyl halides is 3. The van der Waals surface area contributed by atoms with Crippen molar-refractivity contribution in [3.05, 3.63) is 70.7 Å². The number of nitrogens with one attached hydrogen (secondary N) is 1. The van der Waals surface area contributed by atoms with E-state index in [9.17, 15) is 18.0 Å². The van der Waals surface area contributed by atoms with E-state index in [1.165, 1.54) is 23.5 Å². The number of carbonyl (C=O) groups is 1. The van der Waals surface area contributed by atoms with E-state index in [4.69, 9.17) is 4.74 Å². The molecule has 0 atom stereocenters. The first-order chi connectivity index (χ1) is 12.9. The van der Waals surface area contributed by atoms with Gasteiger partial charge in [0.25, 0.3) is 5.91 Å². The lowest BCUT2D eigenvalue weighted by molar-refractivity contribution is -0.137. The van der Waals surface area contributed by atoms with Crippen molar-refractivity contribution in [2.45, 2.75) is 12.6 Å². The van der Waals surface area contributed by atoms with Gasteiger partial charge < -0.3 is 4.74 Å². The standard InChI is InChI=1S/C18H14F3N3O2S/c19-18(20,21)13-7-4-8-14(10-13)26-11-15(25)22-17-24-23-16(27-17)9-12-5-2-1-3-6-12/h1-8,10H,9,11H2,(H,22,24,25). The van der Waals surface area contributed by atoms with E-state index < -0.39 is 24.3 Å². The van der Waals surface area contributed by atoms with Gasteiger partial charge >= 0.3 is 6.18 Å². The molecule has 0 bridgehead atoms. The summed E-state index contributed by atoms with van der Waals surface area (Å²) in [5.74, 6) is -0.572. The molecule has 0 spiro atoms. The first-order valence-corrected chi connectivity index (χ1v) is 8.68.